The lowest BCUT2D eigenvalue weighted by molar-refractivity contribution is -0.132. The molecule has 0 unspecified atom stereocenters. The van der Waals surface area contributed by atoms with Gasteiger partial charge in [-0.3, -0.25) is 0 Å². The van der Waals surface area contributed by atoms with E-state index in [1.165, 1.54) is 6.92 Å². The maximum atomic E-state index is 10.5. The Kier molecular flexibility index (Phi) is 3.64. The summed E-state index contributed by atoms with van der Waals surface area (Å²) in [5.41, 5.74) is 1.73. The van der Waals surface area contributed by atoms with Crippen LogP contribution in [0.5, 0.6) is 0 Å². The van der Waals surface area contributed by atoms with Crippen molar-refractivity contribution in [3.63, 3.8) is 0 Å². The van der Waals surface area contributed by atoms with Gasteiger partial charge in [-0.2, -0.15) is 5.26 Å². The van der Waals surface area contributed by atoms with E-state index in [1.54, 1.807) is 18.2 Å². The molecule has 0 bridgehead atoms. The Hall–Kier alpha value is -2.08. The van der Waals surface area contributed by atoms with Crippen LogP contribution in [0.4, 0.5) is 0 Å². The number of nitriles is 1. The van der Waals surface area contributed by atoms with E-state index in [9.17, 15) is 4.79 Å². The largest absolute Gasteiger partial charge is 0.478 e. The molecule has 76 valence electrons. The summed E-state index contributed by atoms with van der Waals surface area (Å²) in [7, 11) is 0. The topological polar surface area (TPSA) is 61.1 Å². The Bertz CT molecular complexity index is 441. The van der Waals surface area contributed by atoms with E-state index in [-0.39, 0.29) is 0 Å². The lowest BCUT2D eigenvalue weighted by Crippen LogP contribution is -1.97. The lowest BCUT2D eigenvalue weighted by Gasteiger charge is -1.99. The Morgan fingerprint density at radius 1 is 1.53 bits per heavy atom. The molecule has 3 nitrogen and oxygen atoms in total. The highest BCUT2D eigenvalue weighted by molar-refractivity contribution is 5.85. The predicted octanol–water partition coefficient (Wildman–Crippen LogP) is 2.13. The number of allylic oxidation sites excluding steroid dienone is 1. The minimum atomic E-state index is -0.926. The third-order valence-electron chi connectivity index (χ3n) is 2.10. The summed E-state index contributed by atoms with van der Waals surface area (Å²) in [6, 6.07) is 9.24. The van der Waals surface area contributed by atoms with Gasteiger partial charge < -0.3 is 5.11 Å². The molecule has 1 N–H and O–H groups in total. The minimum Gasteiger partial charge on any atom is -0.478 e. The third kappa shape index (κ3) is 2.96. The van der Waals surface area contributed by atoms with E-state index in [4.69, 9.17) is 10.4 Å². The number of carboxylic acid groups (broad SMARTS) is 1. The summed E-state index contributed by atoms with van der Waals surface area (Å²) < 4.78 is 0. The van der Waals surface area contributed by atoms with Crippen molar-refractivity contribution in [3.8, 4) is 6.07 Å². The van der Waals surface area contributed by atoms with Crippen molar-refractivity contribution in [2.24, 2.45) is 0 Å². The van der Waals surface area contributed by atoms with Crippen LogP contribution < -0.4 is 0 Å². The van der Waals surface area contributed by atoms with E-state index in [1.807, 2.05) is 12.1 Å². The van der Waals surface area contributed by atoms with Crippen molar-refractivity contribution in [1.29, 1.82) is 5.26 Å². The van der Waals surface area contributed by atoms with Crippen LogP contribution in [-0.2, 0) is 11.2 Å². The van der Waals surface area contributed by atoms with Gasteiger partial charge in [0.15, 0.2) is 0 Å². The monoisotopic (exact) mass is 201 g/mol. The second-order valence-electron chi connectivity index (χ2n) is 3.17. The molecule has 15 heavy (non-hydrogen) atoms. The zero-order valence-corrected chi connectivity index (χ0v) is 8.40. The molecular weight excluding hydrogens is 190 g/mol. The predicted molar refractivity (Wildman–Crippen MR) is 56.3 cm³/mol. The fourth-order valence-electron chi connectivity index (χ4n) is 1.16. The number of hydrogen-bond acceptors (Lipinski definition) is 2. The highest BCUT2D eigenvalue weighted by Crippen LogP contribution is 2.09. The number of benzene rings is 1. The molecule has 0 saturated heterocycles. The molecule has 0 saturated carbocycles. The van der Waals surface area contributed by atoms with Crippen molar-refractivity contribution in [3.05, 3.63) is 47.0 Å². The number of rotatable bonds is 3. The second-order valence-corrected chi connectivity index (χ2v) is 3.17. The van der Waals surface area contributed by atoms with E-state index < -0.39 is 5.97 Å². The first-order chi connectivity index (χ1) is 7.15. The van der Waals surface area contributed by atoms with Crippen LogP contribution in [0.15, 0.2) is 35.9 Å². The number of hydrogen-bond donors (Lipinski definition) is 1. The quantitative estimate of drug-likeness (QED) is 0.762. The average molecular weight is 201 g/mol. The molecule has 0 amide bonds. The normalized spacial score (nSPS) is 10.8. The zero-order chi connectivity index (χ0) is 11.3. The van der Waals surface area contributed by atoms with Crippen molar-refractivity contribution >= 4 is 5.97 Å². The standard InChI is InChI=1S/C12H11NO2/c1-9(12(14)15)6-7-10-4-2-3-5-11(10)8-13/h2-6H,7H2,1H3,(H,14,15). The molecular formula is C12H11NO2. The molecule has 0 fully saturated rings. The number of aliphatic carboxylic acids is 1. The maximum absolute atomic E-state index is 10.5. The summed E-state index contributed by atoms with van der Waals surface area (Å²) in [4.78, 5) is 10.5. The van der Waals surface area contributed by atoms with E-state index in [0.717, 1.165) is 5.56 Å². The van der Waals surface area contributed by atoms with Gasteiger partial charge >= 0.3 is 5.97 Å². The van der Waals surface area contributed by atoms with Gasteiger partial charge in [0.25, 0.3) is 0 Å². The molecule has 0 heterocycles. The highest BCUT2D eigenvalue weighted by atomic mass is 16.4. The van der Waals surface area contributed by atoms with Crippen LogP contribution in [0.25, 0.3) is 0 Å². The summed E-state index contributed by atoms with van der Waals surface area (Å²) >= 11 is 0. The minimum absolute atomic E-state index is 0.294. The zero-order valence-electron chi connectivity index (χ0n) is 8.40. The van der Waals surface area contributed by atoms with Crippen LogP contribution in [0.3, 0.4) is 0 Å². The SMILES string of the molecule is CC(=CCc1ccccc1C#N)C(=O)O. The molecule has 0 aliphatic heterocycles. The Balaban J connectivity index is 2.87. The second kappa shape index (κ2) is 4.97. The first-order valence-electron chi connectivity index (χ1n) is 4.53. The van der Waals surface area contributed by atoms with Gasteiger partial charge in [0, 0.05) is 5.57 Å². The van der Waals surface area contributed by atoms with Crippen molar-refractivity contribution in [2.45, 2.75) is 13.3 Å². The lowest BCUT2D eigenvalue weighted by atomic mass is 10.0. The fraction of sp³-hybridized carbons (Fsp3) is 0.167. The smallest absolute Gasteiger partial charge is 0.330 e. The first kappa shape index (κ1) is 11.0. The van der Waals surface area contributed by atoms with Gasteiger partial charge in [-0.05, 0) is 25.0 Å². The van der Waals surface area contributed by atoms with Gasteiger partial charge in [0.1, 0.15) is 0 Å². The number of nitrogens with zero attached hydrogens (tertiary/aromatic N) is 1. The summed E-state index contributed by atoms with van der Waals surface area (Å²) in [5, 5.41) is 17.5. The molecule has 0 atom stereocenters. The molecule has 0 aromatic heterocycles. The molecule has 0 aliphatic rings. The van der Waals surface area contributed by atoms with Crippen LogP contribution in [0.1, 0.15) is 18.1 Å². The summed E-state index contributed by atoms with van der Waals surface area (Å²) in [6.45, 7) is 1.54. The Morgan fingerprint density at radius 3 is 2.80 bits per heavy atom. The Morgan fingerprint density at radius 2 is 2.20 bits per heavy atom. The number of carbonyl (C=O) groups is 1. The van der Waals surface area contributed by atoms with Gasteiger partial charge in [-0.1, -0.05) is 24.3 Å². The van der Waals surface area contributed by atoms with Gasteiger partial charge in [-0.15, -0.1) is 0 Å². The average Bonchev–Trinajstić information content (AvgIpc) is 2.26. The highest BCUT2D eigenvalue weighted by Gasteiger charge is 2.01. The van der Waals surface area contributed by atoms with E-state index in [0.29, 0.717) is 17.6 Å². The van der Waals surface area contributed by atoms with Gasteiger partial charge in [-0.25, -0.2) is 4.79 Å². The van der Waals surface area contributed by atoms with Crippen LogP contribution in [0.2, 0.25) is 0 Å². The molecule has 3 heteroatoms. The first-order valence-corrected chi connectivity index (χ1v) is 4.53. The van der Waals surface area contributed by atoms with Crippen molar-refractivity contribution < 1.29 is 9.90 Å². The summed E-state index contributed by atoms with van der Waals surface area (Å²) in [6.07, 6.45) is 2.08. The van der Waals surface area contributed by atoms with Crippen molar-refractivity contribution in [2.75, 3.05) is 0 Å². The third-order valence-corrected chi connectivity index (χ3v) is 2.10. The van der Waals surface area contributed by atoms with E-state index in [2.05, 4.69) is 6.07 Å². The molecule has 1 aromatic rings. The van der Waals surface area contributed by atoms with E-state index >= 15 is 0 Å². The van der Waals surface area contributed by atoms with Gasteiger partial charge in [0.2, 0.25) is 0 Å². The van der Waals surface area contributed by atoms with Gasteiger partial charge in [0.05, 0.1) is 11.6 Å². The Labute approximate surface area is 88.3 Å². The molecule has 1 rings (SSSR count). The molecule has 0 spiro atoms. The summed E-state index contributed by atoms with van der Waals surface area (Å²) in [5.74, 6) is -0.926. The fourth-order valence-corrected chi connectivity index (χ4v) is 1.16. The van der Waals surface area contributed by atoms with Crippen LogP contribution >= 0.6 is 0 Å². The molecule has 1 aromatic carbocycles. The molecule has 0 aliphatic carbocycles. The van der Waals surface area contributed by atoms with Crippen LogP contribution in [0, 0.1) is 11.3 Å². The van der Waals surface area contributed by atoms with Crippen molar-refractivity contribution in [1.82, 2.24) is 0 Å². The maximum Gasteiger partial charge on any atom is 0.330 e. The van der Waals surface area contributed by atoms with Crippen LogP contribution in [-0.4, -0.2) is 11.1 Å². The number of carboxylic acids is 1. The molecule has 0 radical (unpaired) electrons.